The molecule has 6 heteroatoms. The quantitative estimate of drug-likeness (QED) is 0.684. The largest absolute Gasteiger partial charge is 0.466 e. The summed E-state index contributed by atoms with van der Waals surface area (Å²) in [6.45, 7) is 3.38. The van der Waals surface area contributed by atoms with Gasteiger partial charge in [0.05, 0.1) is 23.7 Å². The van der Waals surface area contributed by atoms with Gasteiger partial charge in [0.15, 0.2) is 6.10 Å². The Hall–Kier alpha value is -3.15. The van der Waals surface area contributed by atoms with Crippen molar-refractivity contribution in [3.05, 3.63) is 59.9 Å². The molecular weight excluding hydrogens is 320 g/mol. The summed E-state index contributed by atoms with van der Waals surface area (Å²) in [4.78, 5) is 28.1. The van der Waals surface area contributed by atoms with Crippen molar-refractivity contribution in [1.29, 1.82) is 0 Å². The number of carbonyl (C=O) groups excluding carboxylic acids is 2. The Bertz CT molecular complexity index is 931. The first-order valence-corrected chi connectivity index (χ1v) is 7.84. The highest BCUT2D eigenvalue weighted by molar-refractivity contribution is 5.95. The number of methoxy groups -OCH3 is 1. The zero-order valence-electron chi connectivity index (χ0n) is 14.2. The molecule has 0 N–H and O–H groups in total. The number of esters is 2. The Balaban J connectivity index is 1.94. The number of imidazole rings is 1. The monoisotopic (exact) mass is 338 g/mol. The molecule has 0 aliphatic heterocycles. The molecule has 0 saturated heterocycles. The van der Waals surface area contributed by atoms with Gasteiger partial charge in [-0.05, 0) is 44.2 Å². The number of aromatic nitrogens is 2. The number of carbonyl (C=O) groups is 2. The van der Waals surface area contributed by atoms with E-state index in [-0.39, 0.29) is 0 Å². The number of ether oxygens (including phenoxy) is 2. The van der Waals surface area contributed by atoms with E-state index in [1.807, 2.05) is 47.9 Å². The standard InChI is InChI=1S/C19H18N2O4/c1-12(18(22)24-3)25-19(23)14-9-10-17-16(11-14)20-13(2)21(17)15-7-5-4-6-8-15/h4-12H,1-3H3/t12-/m1/s1. The zero-order valence-corrected chi connectivity index (χ0v) is 14.2. The molecule has 0 unspecified atom stereocenters. The molecule has 1 atom stereocenters. The minimum atomic E-state index is -0.961. The molecular formula is C19H18N2O4. The predicted molar refractivity (Wildman–Crippen MR) is 92.7 cm³/mol. The van der Waals surface area contributed by atoms with E-state index in [4.69, 9.17) is 4.74 Å². The fraction of sp³-hybridized carbons (Fsp3) is 0.211. The van der Waals surface area contributed by atoms with Crippen LogP contribution < -0.4 is 0 Å². The van der Waals surface area contributed by atoms with Crippen LogP contribution in [0.1, 0.15) is 23.1 Å². The highest BCUT2D eigenvalue weighted by Gasteiger charge is 2.20. The highest BCUT2D eigenvalue weighted by Crippen LogP contribution is 2.22. The number of fused-ring (bicyclic) bond motifs is 1. The molecule has 0 radical (unpaired) electrons. The van der Waals surface area contributed by atoms with Crippen molar-refractivity contribution in [2.24, 2.45) is 0 Å². The highest BCUT2D eigenvalue weighted by atomic mass is 16.6. The summed E-state index contributed by atoms with van der Waals surface area (Å²) >= 11 is 0. The topological polar surface area (TPSA) is 70.4 Å². The van der Waals surface area contributed by atoms with Crippen LogP contribution in [-0.4, -0.2) is 34.7 Å². The minimum Gasteiger partial charge on any atom is -0.466 e. The lowest BCUT2D eigenvalue weighted by Crippen LogP contribution is -2.25. The first kappa shape index (κ1) is 16.7. The van der Waals surface area contributed by atoms with E-state index in [1.54, 1.807) is 12.1 Å². The second-order valence-electron chi connectivity index (χ2n) is 5.60. The van der Waals surface area contributed by atoms with Crippen LogP contribution in [0.3, 0.4) is 0 Å². The third-order valence-electron chi connectivity index (χ3n) is 3.89. The first-order chi connectivity index (χ1) is 12.0. The number of nitrogens with zero attached hydrogens (tertiary/aromatic N) is 2. The molecule has 0 saturated carbocycles. The summed E-state index contributed by atoms with van der Waals surface area (Å²) < 4.78 is 11.7. The smallest absolute Gasteiger partial charge is 0.346 e. The third kappa shape index (κ3) is 3.24. The molecule has 25 heavy (non-hydrogen) atoms. The molecule has 0 aliphatic carbocycles. The van der Waals surface area contributed by atoms with Gasteiger partial charge in [0.25, 0.3) is 0 Å². The van der Waals surface area contributed by atoms with Crippen LogP contribution in [0.4, 0.5) is 0 Å². The molecule has 0 fully saturated rings. The molecule has 0 bridgehead atoms. The maximum Gasteiger partial charge on any atom is 0.346 e. The van der Waals surface area contributed by atoms with Crippen molar-refractivity contribution < 1.29 is 19.1 Å². The van der Waals surface area contributed by atoms with Gasteiger partial charge in [-0.1, -0.05) is 18.2 Å². The third-order valence-corrected chi connectivity index (χ3v) is 3.89. The number of para-hydroxylation sites is 1. The Morgan fingerprint density at radius 3 is 2.52 bits per heavy atom. The number of rotatable bonds is 4. The minimum absolute atomic E-state index is 0.334. The number of hydrogen-bond donors (Lipinski definition) is 0. The van der Waals surface area contributed by atoms with E-state index < -0.39 is 18.0 Å². The van der Waals surface area contributed by atoms with Crippen molar-refractivity contribution >= 4 is 23.0 Å². The van der Waals surface area contributed by atoms with Crippen LogP contribution in [0, 0.1) is 6.92 Å². The van der Waals surface area contributed by atoms with Gasteiger partial charge in [-0.3, -0.25) is 4.57 Å². The fourth-order valence-electron chi connectivity index (χ4n) is 2.67. The van der Waals surface area contributed by atoms with E-state index in [2.05, 4.69) is 9.72 Å². The normalized spacial score (nSPS) is 12.0. The summed E-state index contributed by atoms with van der Waals surface area (Å²) in [6, 6.07) is 15.0. The number of hydrogen-bond acceptors (Lipinski definition) is 5. The van der Waals surface area contributed by atoms with Crippen LogP contribution in [0.25, 0.3) is 16.7 Å². The van der Waals surface area contributed by atoms with E-state index >= 15 is 0 Å². The molecule has 0 spiro atoms. The lowest BCUT2D eigenvalue weighted by Gasteiger charge is -2.11. The second-order valence-corrected chi connectivity index (χ2v) is 5.60. The van der Waals surface area contributed by atoms with Gasteiger partial charge >= 0.3 is 11.9 Å². The van der Waals surface area contributed by atoms with Gasteiger partial charge in [0.2, 0.25) is 0 Å². The molecule has 128 valence electrons. The van der Waals surface area contributed by atoms with Gasteiger partial charge in [0, 0.05) is 5.69 Å². The molecule has 1 heterocycles. The second kappa shape index (κ2) is 6.76. The summed E-state index contributed by atoms with van der Waals surface area (Å²) in [5.41, 5.74) is 2.90. The van der Waals surface area contributed by atoms with Gasteiger partial charge in [0.1, 0.15) is 5.82 Å². The summed E-state index contributed by atoms with van der Waals surface area (Å²) in [5.74, 6) is -0.375. The van der Waals surface area contributed by atoms with Crippen molar-refractivity contribution in [3.8, 4) is 5.69 Å². The van der Waals surface area contributed by atoms with E-state index in [0.29, 0.717) is 11.1 Å². The summed E-state index contributed by atoms with van der Waals surface area (Å²) in [5, 5.41) is 0. The average Bonchev–Trinajstić information content (AvgIpc) is 2.96. The zero-order chi connectivity index (χ0) is 18.0. The molecule has 0 aliphatic rings. The Morgan fingerprint density at radius 1 is 1.12 bits per heavy atom. The van der Waals surface area contributed by atoms with Crippen LogP contribution in [0.15, 0.2) is 48.5 Å². The first-order valence-electron chi connectivity index (χ1n) is 7.84. The van der Waals surface area contributed by atoms with Crippen LogP contribution in [0.2, 0.25) is 0 Å². The van der Waals surface area contributed by atoms with Gasteiger partial charge in [-0.2, -0.15) is 0 Å². The van der Waals surface area contributed by atoms with Crippen molar-refractivity contribution in [2.45, 2.75) is 20.0 Å². The summed E-state index contributed by atoms with van der Waals surface area (Å²) in [6.07, 6.45) is -0.961. The molecule has 3 rings (SSSR count). The SMILES string of the molecule is COC(=O)[C@@H](C)OC(=O)c1ccc2c(c1)nc(C)n2-c1ccccc1. The summed E-state index contributed by atoms with van der Waals surface area (Å²) in [7, 11) is 1.25. The van der Waals surface area contributed by atoms with Gasteiger partial charge in [-0.15, -0.1) is 0 Å². The predicted octanol–water partition coefficient (Wildman–Crippen LogP) is 3.05. The van der Waals surface area contributed by atoms with Crippen molar-refractivity contribution in [3.63, 3.8) is 0 Å². The lowest BCUT2D eigenvalue weighted by molar-refractivity contribution is -0.149. The van der Waals surface area contributed by atoms with E-state index in [1.165, 1.54) is 14.0 Å². The Labute approximate surface area is 145 Å². The molecule has 0 amide bonds. The molecule has 6 nitrogen and oxygen atoms in total. The van der Waals surface area contributed by atoms with Crippen LogP contribution in [0.5, 0.6) is 0 Å². The number of benzene rings is 2. The molecule has 3 aromatic rings. The van der Waals surface area contributed by atoms with Crippen LogP contribution >= 0.6 is 0 Å². The maximum atomic E-state index is 12.2. The Morgan fingerprint density at radius 2 is 1.84 bits per heavy atom. The van der Waals surface area contributed by atoms with Gasteiger partial charge in [-0.25, -0.2) is 14.6 Å². The van der Waals surface area contributed by atoms with Crippen LogP contribution in [-0.2, 0) is 14.3 Å². The lowest BCUT2D eigenvalue weighted by atomic mass is 10.2. The van der Waals surface area contributed by atoms with E-state index in [9.17, 15) is 9.59 Å². The van der Waals surface area contributed by atoms with Gasteiger partial charge < -0.3 is 9.47 Å². The fourth-order valence-corrected chi connectivity index (χ4v) is 2.67. The Kier molecular flexibility index (Phi) is 4.52. The van der Waals surface area contributed by atoms with Crippen molar-refractivity contribution in [1.82, 2.24) is 9.55 Å². The average molecular weight is 338 g/mol. The number of aryl methyl sites for hydroxylation is 1. The maximum absolute atomic E-state index is 12.2. The molecule has 2 aromatic carbocycles. The molecule has 1 aromatic heterocycles. The van der Waals surface area contributed by atoms with Crippen molar-refractivity contribution in [2.75, 3.05) is 7.11 Å². The van der Waals surface area contributed by atoms with E-state index in [0.717, 1.165) is 17.0 Å².